The monoisotopic (exact) mass is 393 g/mol. The molecule has 1 saturated heterocycles. The Kier molecular flexibility index (Phi) is 6.20. The summed E-state index contributed by atoms with van der Waals surface area (Å²) in [5.41, 5.74) is 4.70. The first kappa shape index (κ1) is 19.6. The van der Waals surface area contributed by atoms with Crippen LogP contribution in [-0.2, 0) is 33.6 Å². The molecule has 0 unspecified atom stereocenters. The minimum absolute atomic E-state index is 0.0181. The summed E-state index contributed by atoms with van der Waals surface area (Å²) in [4.78, 5) is 28.6. The summed E-state index contributed by atoms with van der Waals surface area (Å²) in [6.45, 7) is 1.15. The van der Waals surface area contributed by atoms with Gasteiger partial charge in [0.2, 0.25) is 11.8 Å². The predicted molar refractivity (Wildman–Crippen MR) is 111 cm³/mol. The van der Waals surface area contributed by atoms with E-state index in [2.05, 4.69) is 27.8 Å². The standard InChI is InChI=1S/C23H27N3O3/c27-22(25-20-5-4-17-2-1-3-18(17)13-20)6-7-23(28)26-21-15-29-14-19(21)12-16-8-10-24-11-9-16/h4-5,8-11,13,19,21H,1-3,6-7,12,14-15H2,(H,25,27)(H,26,28)/t19-,21-/m1/s1. The van der Waals surface area contributed by atoms with Crippen molar-refractivity contribution in [1.82, 2.24) is 10.3 Å². The van der Waals surface area contributed by atoms with Crippen molar-refractivity contribution in [3.63, 3.8) is 0 Å². The normalized spacial score (nSPS) is 20.3. The van der Waals surface area contributed by atoms with Gasteiger partial charge in [0, 0.05) is 36.8 Å². The zero-order valence-electron chi connectivity index (χ0n) is 16.5. The summed E-state index contributed by atoms with van der Waals surface area (Å²) < 4.78 is 5.57. The Labute approximate surface area is 171 Å². The second-order valence-corrected chi connectivity index (χ2v) is 7.92. The lowest BCUT2D eigenvalue weighted by atomic mass is 9.95. The number of carbonyl (C=O) groups excluding carboxylic acids is 2. The van der Waals surface area contributed by atoms with Gasteiger partial charge in [-0.2, -0.15) is 0 Å². The number of rotatable bonds is 7. The third-order valence-electron chi connectivity index (χ3n) is 5.75. The van der Waals surface area contributed by atoms with Gasteiger partial charge in [0.15, 0.2) is 0 Å². The number of hydrogen-bond acceptors (Lipinski definition) is 4. The Balaban J connectivity index is 1.22. The summed E-state index contributed by atoms with van der Waals surface area (Å²) >= 11 is 0. The molecule has 1 aromatic carbocycles. The number of carbonyl (C=O) groups is 2. The van der Waals surface area contributed by atoms with Crippen LogP contribution in [0.3, 0.4) is 0 Å². The first-order valence-electron chi connectivity index (χ1n) is 10.3. The number of nitrogens with zero attached hydrogens (tertiary/aromatic N) is 1. The molecule has 2 atom stereocenters. The molecule has 0 radical (unpaired) electrons. The van der Waals surface area contributed by atoms with E-state index in [9.17, 15) is 9.59 Å². The molecule has 4 rings (SSSR count). The SMILES string of the molecule is O=C(CCC(=O)N[C@@H]1COC[C@H]1Cc1ccncc1)Nc1ccc2c(c1)CCC2. The lowest BCUT2D eigenvalue weighted by Crippen LogP contribution is -2.40. The van der Waals surface area contributed by atoms with Crippen molar-refractivity contribution >= 4 is 17.5 Å². The van der Waals surface area contributed by atoms with E-state index in [1.54, 1.807) is 12.4 Å². The molecule has 0 saturated carbocycles. The highest BCUT2D eigenvalue weighted by atomic mass is 16.5. The third kappa shape index (κ3) is 5.21. The van der Waals surface area contributed by atoms with Crippen molar-refractivity contribution in [2.75, 3.05) is 18.5 Å². The molecule has 29 heavy (non-hydrogen) atoms. The van der Waals surface area contributed by atoms with E-state index >= 15 is 0 Å². The van der Waals surface area contributed by atoms with Crippen molar-refractivity contribution in [3.8, 4) is 0 Å². The van der Waals surface area contributed by atoms with Crippen molar-refractivity contribution in [2.45, 2.75) is 44.6 Å². The van der Waals surface area contributed by atoms with Gasteiger partial charge in [-0.1, -0.05) is 6.07 Å². The van der Waals surface area contributed by atoms with Crippen LogP contribution < -0.4 is 10.6 Å². The summed E-state index contributed by atoms with van der Waals surface area (Å²) in [7, 11) is 0. The molecule has 1 aliphatic carbocycles. The van der Waals surface area contributed by atoms with Gasteiger partial charge in [0.1, 0.15) is 0 Å². The Morgan fingerprint density at radius 3 is 2.66 bits per heavy atom. The van der Waals surface area contributed by atoms with Crippen LogP contribution in [0.4, 0.5) is 5.69 Å². The second kappa shape index (κ2) is 9.18. The number of aryl methyl sites for hydroxylation is 2. The lowest BCUT2D eigenvalue weighted by molar-refractivity contribution is -0.125. The van der Waals surface area contributed by atoms with Crippen LogP contribution in [0.15, 0.2) is 42.7 Å². The lowest BCUT2D eigenvalue weighted by Gasteiger charge is -2.19. The van der Waals surface area contributed by atoms with Crippen LogP contribution in [-0.4, -0.2) is 36.1 Å². The molecule has 6 heteroatoms. The fourth-order valence-electron chi connectivity index (χ4n) is 4.16. The molecule has 1 fully saturated rings. The zero-order valence-corrected chi connectivity index (χ0v) is 16.5. The average Bonchev–Trinajstić information content (AvgIpc) is 3.36. The van der Waals surface area contributed by atoms with E-state index in [0.29, 0.717) is 13.2 Å². The Hall–Kier alpha value is -2.73. The smallest absolute Gasteiger partial charge is 0.224 e. The van der Waals surface area contributed by atoms with E-state index < -0.39 is 0 Å². The van der Waals surface area contributed by atoms with E-state index in [0.717, 1.165) is 24.9 Å². The second-order valence-electron chi connectivity index (χ2n) is 7.92. The summed E-state index contributed by atoms with van der Waals surface area (Å²) in [5.74, 6) is 0.0000245. The minimum Gasteiger partial charge on any atom is -0.379 e. The third-order valence-corrected chi connectivity index (χ3v) is 5.75. The predicted octanol–water partition coefficient (Wildman–Crippen LogP) is 2.66. The molecular formula is C23H27N3O3. The molecule has 2 aromatic rings. The van der Waals surface area contributed by atoms with Crippen molar-refractivity contribution in [2.24, 2.45) is 5.92 Å². The zero-order chi connectivity index (χ0) is 20.1. The molecular weight excluding hydrogens is 366 g/mol. The quantitative estimate of drug-likeness (QED) is 0.758. The number of pyridine rings is 1. The van der Waals surface area contributed by atoms with Crippen LogP contribution in [0.2, 0.25) is 0 Å². The van der Waals surface area contributed by atoms with Gasteiger partial charge in [-0.15, -0.1) is 0 Å². The Bertz CT molecular complexity index is 869. The largest absolute Gasteiger partial charge is 0.379 e. The molecule has 2 amide bonds. The summed E-state index contributed by atoms with van der Waals surface area (Å²) in [5, 5.41) is 5.96. The summed E-state index contributed by atoms with van der Waals surface area (Å²) in [6, 6.07) is 10.0. The topological polar surface area (TPSA) is 80.3 Å². The van der Waals surface area contributed by atoms with Crippen LogP contribution in [0.25, 0.3) is 0 Å². The van der Waals surface area contributed by atoms with Gasteiger partial charge in [-0.3, -0.25) is 14.6 Å². The number of hydrogen-bond donors (Lipinski definition) is 2. The number of anilines is 1. The van der Waals surface area contributed by atoms with Gasteiger partial charge >= 0.3 is 0 Å². The Morgan fingerprint density at radius 2 is 1.79 bits per heavy atom. The van der Waals surface area contributed by atoms with E-state index in [-0.39, 0.29) is 36.6 Å². The van der Waals surface area contributed by atoms with Gasteiger partial charge in [0.25, 0.3) is 0 Å². The molecule has 2 heterocycles. The molecule has 6 nitrogen and oxygen atoms in total. The van der Waals surface area contributed by atoms with Gasteiger partial charge in [-0.05, 0) is 66.6 Å². The van der Waals surface area contributed by atoms with Crippen molar-refractivity contribution in [1.29, 1.82) is 0 Å². The summed E-state index contributed by atoms with van der Waals surface area (Å²) in [6.07, 6.45) is 8.12. The number of aromatic nitrogens is 1. The molecule has 0 bridgehead atoms. The number of ether oxygens (including phenoxy) is 1. The molecule has 2 aliphatic rings. The highest BCUT2D eigenvalue weighted by Gasteiger charge is 2.29. The maximum atomic E-state index is 12.4. The van der Waals surface area contributed by atoms with Crippen LogP contribution >= 0.6 is 0 Å². The molecule has 152 valence electrons. The maximum Gasteiger partial charge on any atom is 0.224 e. The van der Waals surface area contributed by atoms with Crippen LogP contribution in [0, 0.1) is 5.92 Å². The average molecular weight is 393 g/mol. The Morgan fingerprint density at radius 1 is 1.00 bits per heavy atom. The van der Waals surface area contributed by atoms with E-state index in [1.807, 2.05) is 18.2 Å². The number of nitrogens with one attached hydrogen (secondary N) is 2. The molecule has 1 aromatic heterocycles. The van der Waals surface area contributed by atoms with Gasteiger partial charge in [-0.25, -0.2) is 0 Å². The van der Waals surface area contributed by atoms with E-state index in [1.165, 1.54) is 23.1 Å². The number of amides is 2. The fraction of sp³-hybridized carbons (Fsp3) is 0.435. The maximum absolute atomic E-state index is 12.4. The first-order valence-corrected chi connectivity index (χ1v) is 10.3. The highest BCUT2D eigenvalue weighted by Crippen LogP contribution is 2.25. The van der Waals surface area contributed by atoms with Crippen molar-refractivity contribution < 1.29 is 14.3 Å². The van der Waals surface area contributed by atoms with Crippen molar-refractivity contribution in [3.05, 3.63) is 59.4 Å². The van der Waals surface area contributed by atoms with Gasteiger partial charge < -0.3 is 15.4 Å². The molecule has 0 spiro atoms. The number of benzene rings is 1. The number of fused-ring (bicyclic) bond motifs is 1. The van der Waals surface area contributed by atoms with Crippen LogP contribution in [0.1, 0.15) is 36.0 Å². The van der Waals surface area contributed by atoms with Gasteiger partial charge in [0.05, 0.1) is 19.3 Å². The highest BCUT2D eigenvalue weighted by molar-refractivity contribution is 5.93. The fourth-order valence-corrected chi connectivity index (χ4v) is 4.16. The molecule has 2 N–H and O–H groups in total. The molecule has 1 aliphatic heterocycles. The van der Waals surface area contributed by atoms with Crippen LogP contribution in [0.5, 0.6) is 0 Å². The van der Waals surface area contributed by atoms with E-state index in [4.69, 9.17) is 4.74 Å². The first-order chi connectivity index (χ1) is 14.2. The minimum atomic E-state index is -0.130.